The summed E-state index contributed by atoms with van der Waals surface area (Å²) in [6.07, 6.45) is 1.58. The number of hydrogen-bond acceptors (Lipinski definition) is 4. The summed E-state index contributed by atoms with van der Waals surface area (Å²) < 4.78 is 26.4. The van der Waals surface area contributed by atoms with Crippen molar-refractivity contribution in [2.45, 2.75) is 37.8 Å². The minimum Gasteiger partial charge on any atom is -0.395 e. The molecular weight excluding hydrogens is 400 g/mol. The van der Waals surface area contributed by atoms with Crippen molar-refractivity contribution in [3.05, 3.63) is 59.7 Å². The van der Waals surface area contributed by atoms with Gasteiger partial charge < -0.3 is 10.0 Å². The Balaban J connectivity index is 1.67. The van der Waals surface area contributed by atoms with E-state index in [2.05, 4.69) is 25.1 Å². The van der Waals surface area contributed by atoms with E-state index in [4.69, 9.17) is 0 Å². The summed E-state index contributed by atoms with van der Waals surface area (Å²) in [6, 6.07) is 15.9. The van der Waals surface area contributed by atoms with Gasteiger partial charge in [0, 0.05) is 25.4 Å². The summed E-state index contributed by atoms with van der Waals surface area (Å²) in [5, 5.41) is 10.0. The molecule has 160 valence electrons. The minimum absolute atomic E-state index is 0.0232. The normalized spacial score (nSPS) is 23.1. The summed E-state index contributed by atoms with van der Waals surface area (Å²) in [5.74, 6) is -0.125. The molecule has 30 heavy (non-hydrogen) atoms. The maximum Gasteiger partial charge on any atom is 0.222 e. The fourth-order valence-corrected chi connectivity index (χ4v) is 6.79. The molecule has 1 amide bonds. The van der Waals surface area contributed by atoms with Crippen molar-refractivity contribution in [2.75, 3.05) is 26.0 Å². The lowest BCUT2D eigenvalue weighted by Crippen LogP contribution is -2.85. The van der Waals surface area contributed by atoms with E-state index in [9.17, 15) is 18.3 Å². The first-order valence-corrected chi connectivity index (χ1v) is 12.1. The van der Waals surface area contributed by atoms with Gasteiger partial charge in [0.25, 0.3) is 0 Å². The zero-order chi connectivity index (χ0) is 21.7. The van der Waals surface area contributed by atoms with Crippen molar-refractivity contribution in [2.24, 2.45) is 0 Å². The first-order chi connectivity index (χ1) is 14.2. The number of hydrogen-bond donors (Lipinski definition) is 1. The highest BCUT2D eigenvalue weighted by molar-refractivity contribution is 7.88. The monoisotopic (exact) mass is 428 g/mol. The second kappa shape index (κ2) is 7.48. The first-order valence-electron chi connectivity index (χ1n) is 10.3. The number of rotatable bonds is 5. The number of aliphatic hydroxyl groups excluding tert-OH is 1. The SMILES string of the molecule is CCC(=O)N1CC2(C1)[C@@H](c1ccc(-c3cccc(C)c3)cc1)[C@@H](CO)N2S(C)(=O)=O. The van der Waals surface area contributed by atoms with E-state index >= 15 is 0 Å². The van der Waals surface area contributed by atoms with Gasteiger partial charge >= 0.3 is 0 Å². The molecule has 0 aromatic heterocycles. The number of sulfonamides is 1. The van der Waals surface area contributed by atoms with Crippen molar-refractivity contribution in [3.8, 4) is 11.1 Å². The summed E-state index contributed by atoms with van der Waals surface area (Å²) in [6.45, 7) is 4.35. The fraction of sp³-hybridized carbons (Fsp3) is 0.435. The molecule has 2 saturated heterocycles. The molecule has 2 heterocycles. The third-order valence-electron chi connectivity index (χ3n) is 6.45. The van der Waals surface area contributed by atoms with Crippen LogP contribution in [0, 0.1) is 6.92 Å². The molecule has 0 unspecified atom stereocenters. The van der Waals surface area contributed by atoms with Crippen molar-refractivity contribution < 1.29 is 18.3 Å². The summed E-state index contributed by atoms with van der Waals surface area (Å²) in [5.41, 5.74) is 3.73. The number of carbonyl (C=O) groups is 1. The molecule has 0 aliphatic carbocycles. The molecule has 4 rings (SSSR count). The van der Waals surface area contributed by atoms with E-state index < -0.39 is 21.6 Å². The third kappa shape index (κ3) is 3.25. The van der Waals surface area contributed by atoms with Crippen molar-refractivity contribution in [3.63, 3.8) is 0 Å². The van der Waals surface area contributed by atoms with E-state index in [-0.39, 0.29) is 18.4 Å². The smallest absolute Gasteiger partial charge is 0.222 e. The van der Waals surface area contributed by atoms with Crippen LogP contribution in [-0.2, 0) is 14.8 Å². The summed E-state index contributed by atoms with van der Waals surface area (Å²) in [7, 11) is -3.51. The lowest BCUT2D eigenvalue weighted by Gasteiger charge is -2.69. The van der Waals surface area contributed by atoms with E-state index in [0.717, 1.165) is 16.7 Å². The topological polar surface area (TPSA) is 77.9 Å². The Morgan fingerprint density at radius 2 is 1.80 bits per heavy atom. The zero-order valence-corrected chi connectivity index (χ0v) is 18.4. The van der Waals surface area contributed by atoms with Crippen molar-refractivity contribution >= 4 is 15.9 Å². The average Bonchev–Trinajstić information content (AvgIpc) is 2.65. The number of aliphatic hydroxyl groups is 1. The van der Waals surface area contributed by atoms with Gasteiger partial charge in [-0.2, -0.15) is 4.31 Å². The Morgan fingerprint density at radius 3 is 2.33 bits per heavy atom. The van der Waals surface area contributed by atoms with Gasteiger partial charge in [0.05, 0.1) is 24.4 Å². The van der Waals surface area contributed by atoms with Gasteiger partial charge in [-0.15, -0.1) is 0 Å². The van der Waals surface area contributed by atoms with Crippen molar-refractivity contribution in [1.82, 2.24) is 9.21 Å². The largest absolute Gasteiger partial charge is 0.395 e. The second-order valence-corrected chi connectivity index (χ2v) is 10.3. The standard InChI is InChI=1S/C23H28N2O4S/c1-4-21(27)24-14-23(15-24)22(20(13-26)25(23)30(3,28)29)18-10-8-17(9-11-18)19-7-5-6-16(2)12-19/h5-12,20,22,26H,4,13-15H2,1-3H3/t20-,22+/m1/s1. The van der Waals surface area contributed by atoms with Crippen LogP contribution in [0.1, 0.15) is 30.4 Å². The van der Waals surface area contributed by atoms with Crippen LogP contribution in [0.5, 0.6) is 0 Å². The van der Waals surface area contributed by atoms with Gasteiger partial charge in [0.2, 0.25) is 15.9 Å². The molecule has 0 radical (unpaired) electrons. The van der Waals surface area contributed by atoms with Crippen LogP contribution >= 0.6 is 0 Å². The number of carbonyl (C=O) groups excluding carboxylic acids is 1. The maximum absolute atomic E-state index is 12.5. The minimum atomic E-state index is -3.51. The zero-order valence-electron chi connectivity index (χ0n) is 17.6. The molecular formula is C23H28N2O4S. The Bertz CT molecular complexity index is 1060. The van der Waals surface area contributed by atoms with E-state index in [1.807, 2.05) is 30.3 Å². The molecule has 1 N–H and O–H groups in total. The first kappa shape index (κ1) is 21.0. The Hall–Kier alpha value is -2.22. The average molecular weight is 429 g/mol. The number of benzene rings is 2. The van der Waals surface area contributed by atoms with Crippen LogP contribution in [0.25, 0.3) is 11.1 Å². The molecule has 7 heteroatoms. The molecule has 2 aromatic rings. The molecule has 2 aliphatic rings. The molecule has 0 bridgehead atoms. The molecule has 2 fully saturated rings. The third-order valence-corrected chi connectivity index (χ3v) is 7.80. The summed E-state index contributed by atoms with van der Waals surface area (Å²) >= 11 is 0. The molecule has 0 saturated carbocycles. The molecule has 1 spiro atoms. The predicted molar refractivity (Wildman–Crippen MR) is 117 cm³/mol. The van der Waals surface area contributed by atoms with Crippen LogP contribution in [0.15, 0.2) is 48.5 Å². The van der Waals surface area contributed by atoms with E-state index in [1.165, 1.54) is 16.1 Å². The highest BCUT2D eigenvalue weighted by atomic mass is 32.2. The fourth-order valence-electron chi connectivity index (χ4n) is 5.23. The Labute approximate surface area is 178 Å². The van der Waals surface area contributed by atoms with E-state index in [0.29, 0.717) is 19.5 Å². The highest BCUT2D eigenvalue weighted by Crippen LogP contribution is 2.55. The van der Waals surface area contributed by atoms with Crippen molar-refractivity contribution in [1.29, 1.82) is 0 Å². The number of nitrogens with zero attached hydrogens (tertiary/aromatic N) is 2. The van der Waals surface area contributed by atoms with Gasteiger partial charge in [-0.25, -0.2) is 8.42 Å². The second-order valence-electron chi connectivity index (χ2n) is 8.48. The Kier molecular flexibility index (Phi) is 5.24. The summed E-state index contributed by atoms with van der Waals surface area (Å²) in [4.78, 5) is 13.8. The van der Waals surface area contributed by atoms with Crippen LogP contribution in [-0.4, -0.2) is 66.2 Å². The van der Waals surface area contributed by atoms with Crippen LogP contribution < -0.4 is 0 Å². The lowest BCUT2D eigenvalue weighted by molar-refractivity contribution is -0.167. The molecule has 2 aromatic carbocycles. The van der Waals surface area contributed by atoms with Crippen LogP contribution in [0.3, 0.4) is 0 Å². The van der Waals surface area contributed by atoms with Crippen LogP contribution in [0.4, 0.5) is 0 Å². The van der Waals surface area contributed by atoms with Gasteiger partial charge in [-0.05, 0) is 23.6 Å². The molecule has 2 aliphatic heterocycles. The molecule has 2 atom stereocenters. The number of likely N-dealkylation sites (tertiary alicyclic amines) is 1. The number of aryl methyl sites for hydroxylation is 1. The van der Waals surface area contributed by atoms with Gasteiger partial charge in [-0.3, -0.25) is 4.79 Å². The predicted octanol–water partition coefficient (Wildman–Crippen LogP) is 2.37. The Morgan fingerprint density at radius 1 is 1.13 bits per heavy atom. The van der Waals surface area contributed by atoms with Crippen LogP contribution in [0.2, 0.25) is 0 Å². The number of amides is 1. The van der Waals surface area contributed by atoms with Gasteiger partial charge in [-0.1, -0.05) is 61.0 Å². The highest BCUT2D eigenvalue weighted by Gasteiger charge is 2.69. The van der Waals surface area contributed by atoms with Gasteiger partial charge in [0.15, 0.2) is 0 Å². The van der Waals surface area contributed by atoms with E-state index in [1.54, 1.807) is 11.8 Å². The molecule has 6 nitrogen and oxygen atoms in total. The maximum atomic E-state index is 12.5. The quantitative estimate of drug-likeness (QED) is 0.793. The van der Waals surface area contributed by atoms with Gasteiger partial charge in [0.1, 0.15) is 0 Å². The lowest BCUT2D eigenvalue weighted by atomic mass is 9.62.